The molecule has 10 heteroatoms. The topological polar surface area (TPSA) is 98.8 Å². The summed E-state index contributed by atoms with van der Waals surface area (Å²) in [7, 11) is -3.41. The molecule has 221 valence electrons. The van der Waals surface area contributed by atoms with E-state index < -0.39 is 16.1 Å². The number of amides is 3. The van der Waals surface area contributed by atoms with E-state index in [9.17, 15) is 18.0 Å². The molecule has 3 aromatic rings. The smallest absolute Gasteiger partial charge is 0.318 e. The van der Waals surface area contributed by atoms with Crippen LogP contribution in [0.15, 0.2) is 78.9 Å². The molecule has 0 saturated carbocycles. The van der Waals surface area contributed by atoms with Crippen LogP contribution in [0.5, 0.6) is 0 Å². The quantitative estimate of drug-likeness (QED) is 0.359. The molecule has 3 aromatic carbocycles. The van der Waals surface area contributed by atoms with Gasteiger partial charge in [0.1, 0.15) is 6.04 Å². The van der Waals surface area contributed by atoms with Crippen molar-refractivity contribution in [2.75, 3.05) is 30.6 Å². The molecule has 2 aliphatic heterocycles. The molecule has 0 bridgehead atoms. The lowest BCUT2D eigenvalue weighted by Crippen LogP contribution is -2.53. The van der Waals surface area contributed by atoms with Gasteiger partial charge in [-0.1, -0.05) is 72.3 Å². The van der Waals surface area contributed by atoms with Gasteiger partial charge < -0.3 is 15.1 Å². The van der Waals surface area contributed by atoms with Crippen LogP contribution < -0.4 is 10.0 Å². The van der Waals surface area contributed by atoms with Gasteiger partial charge in [-0.25, -0.2) is 13.2 Å². The van der Waals surface area contributed by atoms with E-state index >= 15 is 0 Å². The zero-order chi connectivity index (χ0) is 29.7. The molecule has 2 heterocycles. The summed E-state index contributed by atoms with van der Waals surface area (Å²) in [6.45, 7) is 3.55. The van der Waals surface area contributed by atoms with Gasteiger partial charge >= 0.3 is 6.03 Å². The Morgan fingerprint density at radius 1 is 0.905 bits per heavy atom. The Morgan fingerprint density at radius 3 is 2.26 bits per heavy atom. The van der Waals surface area contributed by atoms with E-state index in [4.69, 9.17) is 11.6 Å². The first-order valence-corrected chi connectivity index (χ1v) is 16.5. The normalized spacial score (nSPS) is 18.5. The Bertz CT molecular complexity index is 1490. The number of benzene rings is 3. The molecule has 5 rings (SSSR count). The Hall–Kier alpha value is -3.56. The number of urea groups is 1. The second-order valence-corrected chi connectivity index (χ2v) is 13.2. The second kappa shape index (κ2) is 13.2. The van der Waals surface area contributed by atoms with Crippen LogP contribution in [-0.4, -0.2) is 62.1 Å². The third-order valence-electron chi connectivity index (χ3n) is 7.98. The average molecular weight is 608 g/mol. The Kier molecular flexibility index (Phi) is 9.38. The molecule has 2 atom stereocenters. The third-order valence-corrected chi connectivity index (χ3v) is 8.82. The molecule has 2 saturated heterocycles. The number of nitrogens with one attached hydrogen (secondary N) is 2. The lowest BCUT2D eigenvalue weighted by Gasteiger charge is -2.35. The number of sulfonamides is 1. The number of rotatable bonds is 8. The van der Waals surface area contributed by atoms with E-state index in [0.717, 1.165) is 29.4 Å². The number of anilines is 1. The fourth-order valence-electron chi connectivity index (χ4n) is 5.83. The van der Waals surface area contributed by atoms with Crippen molar-refractivity contribution in [3.8, 4) is 0 Å². The third kappa shape index (κ3) is 7.63. The van der Waals surface area contributed by atoms with E-state index in [2.05, 4.69) is 22.2 Å². The number of halogens is 1. The van der Waals surface area contributed by atoms with Gasteiger partial charge in [-0.05, 0) is 60.1 Å². The van der Waals surface area contributed by atoms with Gasteiger partial charge in [0.15, 0.2) is 0 Å². The van der Waals surface area contributed by atoms with Crippen molar-refractivity contribution in [1.29, 1.82) is 0 Å². The molecule has 2 N–H and O–H groups in total. The fourth-order valence-corrected chi connectivity index (χ4v) is 6.54. The maximum absolute atomic E-state index is 13.9. The van der Waals surface area contributed by atoms with Gasteiger partial charge in [-0.3, -0.25) is 9.52 Å². The number of likely N-dealkylation sites (tertiary alicyclic amines) is 2. The number of piperidine rings is 1. The maximum Gasteiger partial charge on any atom is 0.318 e. The summed E-state index contributed by atoms with van der Waals surface area (Å²) >= 11 is 6.08. The summed E-state index contributed by atoms with van der Waals surface area (Å²) in [6, 6.07) is 23.8. The van der Waals surface area contributed by atoms with Gasteiger partial charge in [0.2, 0.25) is 15.9 Å². The van der Waals surface area contributed by atoms with E-state index in [1.165, 1.54) is 0 Å². The van der Waals surface area contributed by atoms with Gasteiger partial charge in [-0.15, -0.1) is 0 Å². The van der Waals surface area contributed by atoms with Crippen LogP contribution >= 0.6 is 11.6 Å². The molecule has 1 radical (unpaired) electrons. The van der Waals surface area contributed by atoms with Gasteiger partial charge in [0, 0.05) is 37.0 Å². The summed E-state index contributed by atoms with van der Waals surface area (Å²) < 4.78 is 26.4. The number of hydrogen-bond donors (Lipinski definition) is 2. The van der Waals surface area contributed by atoms with E-state index in [1.807, 2.05) is 53.9 Å². The van der Waals surface area contributed by atoms with Crippen molar-refractivity contribution in [2.45, 2.75) is 43.6 Å². The first kappa shape index (κ1) is 29.9. The van der Waals surface area contributed by atoms with Crippen molar-refractivity contribution in [2.24, 2.45) is 0 Å². The SMILES string of the molecule is CS(=O)(=O)Nc1ccccc1C1CCN(C(=O)[C@@H](Cc2ccc(Cl)cc2)NC(=O)N2[CH][C@@H](c3ccccc3)CC2)CC1. The zero-order valence-corrected chi connectivity index (χ0v) is 25.2. The predicted octanol–water partition coefficient (Wildman–Crippen LogP) is 5.39. The van der Waals surface area contributed by atoms with Crippen molar-refractivity contribution in [1.82, 2.24) is 15.1 Å². The summed E-state index contributed by atoms with van der Waals surface area (Å²) in [4.78, 5) is 30.7. The van der Waals surface area contributed by atoms with E-state index in [1.54, 1.807) is 29.2 Å². The van der Waals surface area contributed by atoms with Crippen molar-refractivity contribution in [3.05, 3.63) is 107 Å². The average Bonchev–Trinajstić information content (AvgIpc) is 3.48. The number of carbonyl (C=O) groups is 2. The molecule has 2 aliphatic rings. The van der Waals surface area contributed by atoms with Crippen LogP contribution in [0.25, 0.3) is 0 Å². The van der Waals surface area contributed by atoms with Gasteiger partial charge in [0.25, 0.3) is 0 Å². The van der Waals surface area contributed by atoms with Crippen LogP contribution in [0.2, 0.25) is 5.02 Å². The molecule has 0 unspecified atom stereocenters. The number of carbonyl (C=O) groups excluding carboxylic acids is 2. The minimum Gasteiger partial charge on any atom is -0.341 e. The van der Waals surface area contributed by atoms with Gasteiger partial charge in [0.05, 0.1) is 18.5 Å². The van der Waals surface area contributed by atoms with Crippen LogP contribution in [0, 0.1) is 6.54 Å². The lowest BCUT2D eigenvalue weighted by atomic mass is 9.88. The standard InChI is InChI=1S/C32H36ClN4O4S/c1-42(40,41)35-29-10-6-5-9-28(29)25-15-18-36(19-16-25)31(38)30(21-23-11-13-27(33)14-12-23)34-32(39)37-20-17-26(22-37)24-7-3-2-4-8-24/h2-14,22,25-26,30,35H,15-21H2,1H3,(H,34,39)/t26-,30+/m0/s1. The van der Waals surface area contributed by atoms with E-state index in [0.29, 0.717) is 49.6 Å². The maximum atomic E-state index is 13.9. The fraction of sp³-hybridized carbons (Fsp3) is 0.344. The largest absolute Gasteiger partial charge is 0.341 e. The zero-order valence-electron chi connectivity index (χ0n) is 23.6. The second-order valence-electron chi connectivity index (χ2n) is 11.0. The van der Waals surface area contributed by atoms with Crippen molar-refractivity contribution >= 4 is 39.2 Å². The van der Waals surface area contributed by atoms with Crippen molar-refractivity contribution in [3.63, 3.8) is 0 Å². The molecule has 0 aliphatic carbocycles. The lowest BCUT2D eigenvalue weighted by molar-refractivity contribution is -0.134. The van der Waals surface area contributed by atoms with E-state index in [-0.39, 0.29) is 23.8 Å². The van der Waals surface area contributed by atoms with Gasteiger partial charge in [-0.2, -0.15) is 0 Å². The summed E-state index contributed by atoms with van der Waals surface area (Å²) in [5.74, 6) is 0.137. The minimum absolute atomic E-state index is 0.109. The molecule has 2 fully saturated rings. The Morgan fingerprint density at radius 2 is 1.57 bits per heavy atom. The summed E-state index contributed by atoms with van der Waals surface area (Å²) in [6.07, 6.45) is 3.69. The summed E-state index contributed by atoms with van der Waals surface area (Å²) in [5.41, 5.74) is 3.57. The molecule has 42 heavy (non-hydrogen) atoms. The Balaban J connectivity index is 1.26. The monoisotopic (exact) mass is 607 g/mol. The summed E-state index contributed by atoms with van der Waals surface area (Å²) in [5, 5.41) is 3.63. The van der Waals surface area contributed by atoms with Crippen LogP contribution in [0.3, 0.4) is 0 Å². The molecule has 0 aromatic heterocycles. The molecular weight excluding hydrogens is 572 g/mol. The molecular formula is C32H36ClN4O4S. The number of para-hydroxylation sites is 1. The number of nitrogens with zero attached hydrogens (tertiary/aromatic N) is 2. The van der Waals surface area contributed by atoms with Crippen LogP contribution in [0.4, 0.5) is 10.5 Å². The highest BCUT2D eigenvalue weighted by Crippen LogP contribution is 2.34. The molecule has 0 spiro atoms. The predicted molar refractivity (Wildman–Crippen MR) is 166 cm³/mol. The molecule has 3 amide bonds. The van der Waals surface area contributed by atoms with Crippen molar-refractivity contribution < 1.29 is 18.0 Å². The van der Waals surface area contributed by atoms with Crippen LogP contribution in [0.1, 0.15) is 47.8 Å². The highest BCUT2D eigenvalue weighted by atomic mass is 35.5. The first-order chi connectivity index (χ1) is 20.2. The number of hydrogen-bond acceptors (Lipinski definition) is 4. The first-order valence-electron chi connectivity index (χ1n) is 14.2. The molecule has 8 nitrogen and oxygen atoms in total. The minimum atomic E-state index is -3.41. The van der Waals surface area contributed by atoms with Crippen LogP contribution in [-0.2, 0) is 21.2 Å². The highest BCUT2D eigenvalue weighted by molar-refractivity contribution is 7.92. The Labute approximate surface area is 253 Å². The highest BCUT2D eigenvalue weighted by Gasteiger charge is 2.34.